The van der Waals surface area contributed by atoms with Crippen molar-refractivity contribution in [3.05, 3.63) is 71.8 Å². The summed E-state index contributed by atoms with van der Waals surface area (Å²) in [4.78, 5) is 36.7. The zero-order valence-electron chi connectivity index (χ0n) is 21.6. The molecule has 0 amide bonds. The Labute approximate surface area is 237 Å². The smallest absolute Gasteiger partial charge is 0.348 e. The molecule has 1 aliphatic rings. The first-order chi connectivity index (χ1) is 19.4. The van der Waals surface area contributed by atoms with Crippen LogP contribution >= 0.6 is 11.6 Å². The van der Waals surface area contributed by atoms with E-state index >= 15 is 0 Å². The zero-order chi connectivity index (χ0) is 29.5. The molecule has 0 radical (unpaired) electrons. The number of carboxylic acid groups (broad SMARTS) is 2. The lowest BCUT2D eigenvalue weighted by Gasteiger charge is -2.30. The maximum Gasteiger partial charge on any atom is 0.348 e. The molecule has 0 saturated carbocycles. The summed E-state index contributed by atoms with van der Waals surface area (Å²) in [7, 11) is 0. The minimum Gasteiger partial charge on any atom is -0.479 e. The zero-order valence-corrected chi connectivity index (χ0v) is 22.3. The van der Waals surface area contributed by atoms with Gasteiger partial charge in [0.25, 0.3) is 5.60 Å². The van der Waals surface area contributed by atoms with Gasteiger partial charge in [-0.1, -0.05) is 54.6 Å². The van der Waals surface area contributed by atoms with E-state index in [1.807, 2.05) is 30.3 Å². The average molecular weight is 584 g/mol. The lowest BCUT2D eigenvalue weighted by molar-refractivity contribution is -0.192. The number of aromatic nitrogens is 4. The number of hydrogen-bond acceptors (Lipinski definition) is 10. The molecule has 4 aromatic rings. The first-order valence-corrected chi connectivity index (χ1v) is 12.8. The summed E-state index contributed by atoms with van der Waals surface area (Å²) in [6.07, 6.45) is -3.47. The Morgan fingerprint density at radius 3 is 2.37 bits per heavy atom. The number of carbonyl (C=O) groups is 2. The number of aliphatic hydroxyl groups is 2. The molecule has 1 fully saturated rings. The van der Waals surface area contributed by atoms with E-state index in [1.54, 1.807) is 24.3 Å². The molecule has 2 aromatic carbocycles. The van der Waals surface area contributed by atoms with Crippen molar-refractivity contribution < 1.29 is 39.5 Å². The van der Waals surface area contributed by atoms with E-state index < -0.39 is 54.6 Å². The van der Waals surface area contributed by atoms with Crippen LogP contribution in [0.2, 0.25) is 5.28 Å². The van der Waals surface area contributed by atoms with Crippen LogP contribution in [-0.2, 0) is 25.5 Å². The van der Waals surface area contributed by atoms with Crippen molar-refractivity contribution in [3.8, 4) is 11.1 Å². The van der Waals surface area contributed by atoms with E-state index in [1.165, 1.54) is 17.8 Å². The normalized spacial score (nSPS) is 22.7. The molecule has 5 rings (SSSR count). The summed E-state index contributed by atoms with van der Waals surface area (Å²) >= 11 is 5.92. The fraction of sp³-hybridized carbons (Fsp3) is 0.296. The van der Waals surface area contributed by atoms with Gasteiger partial charge in [-0.3, -0.25) is 4.57 Å². The molecule has 1 unspecified atom stereocenters. The Kier molecular flexibility index (Phi) is 7.40. The fourth-order valence-corrected chi connectivity index (χ4v) is 4.92. The molecule has 6 N–H and O–H groups in total. The maximum absolute atomic E-state index is 12.3. The number of rotatable bonds is 9. The van der Waals surface area contributed by atoms with Gasteiger partial charge >= 0.3 is 11.9 Å². The van der Waals surface area contributed by atoms with Gasteiger partial charge in [0.2, 0.25) is 5.28 Å². The number of carboxylic acids is 2. The third-order valence-corrected chi connectivity index (χ3v) is 7.37. The third kappa shape index (κ3) is 5.09. The van der Waals surface area contributed by atoms with Gasteiger partial charge in [0.1, 0.15) is 23.3 Å². The number of hydrogen-bond donors (Lipinski definition) is 5. The highest BCUT2D eigenvalue weighted by atomic mass is 35.5. The van der Waals surface area contributed by atoms with Crippen molar-refractivity contribution in [2.24, 2.45) is 0 Å². The highest BCUT2D eigenvalue weighted by molar-refractivity contribution is 6.28. The Balaban J connectivity index is 1.38. The summed E-state index contributed by atoms with van der Waals surface area (Å²) in [6.45, 7) is 0.568. The molecule has 0 aliphatic carbocycles. The molecule has 41 heavy (non-hydrogen) atoms. The number of benzene rings is 2. The molecule has 13 nitrogen and oxygen atoms in total. The highest BCUT2D eigenvalue weighted by Crippen LogP contribution is 2.39. The predicted octanol–water partition coefficient (Wildman–Crippen LogP) is 1.91. The van der Waals surface area contributed by atoms with E-state index in [2.05, 4.69) is 15.0 Å². The topological polar surface area (TPSA) is 203 Å². The summed E-state index contributed by atoms with van der Waals surface area (Å²) < 4.78 is 12.7. The van der Waals surface area contributed by atoms with Crippen molar-refractivity contribution in [1.29, 1.82) is 0 Å². The second-order valence-corrected chi connectivity index (χ2v) is 10.2. The molecule has 2 aromatic heterocycles. The molecular formula is C27H26ClN5O8. The fourth-order valence-electron chi connectivity index (χ4n) is 4.75. The number of halogens is 1. The van der Waals surface area contributed by atoms with Crippen LogP contribution < -0.4 is 5.73 Å². The quantitative estimate of drug-likeness (QED) is 0.142. The minimum absolute atomic E-state index is 0.0117. The summed E-state index contributed by atoms with van der Waals surface area (Å²) in [6, 6.07) is 16.2. The van der Waals surface area contributed by atoms with Crippen LogP contribution in [0, 0.1) is 0 Å². The Hall–Kier alpha value is -4.14. The molecule has 0 bridgehead atoms. The maximum atomic E-state index is 12.3. The number of imidazole rings is 1. The minimum atomic E-state index is -2.71. The highest BCUT2D eigenvalue weighted by Gasteiger charge is 2.56. The molecule has 4 atom stereocenters. The van der Waals surface area contributed by atoms with Gasteiger partial charge in [-0.15, -0.1) is 0 Å². The van der Waals surface area contributed by atoms with E-state index in [0.717, 1.165) is 11.1 Å². The van der Waals surface area contributed by atoms with Crippen molar-refractivity contribution in [2.75, 3.05) is 12.3 Å². The van der Waals surface area contributed by atoms with Crippen LogP contribution in [-0.4, -0.2) is 81.9 Å². The second kappa shape index (κ2) is 10.7. The van der Waals surface area contributed by atoms with Gasteiger partial charge in [0.05, 0.1) is 12.9 Å². The molecule has 214 valence electrons. The lowest BCUT2D eigenvalue weighted by Crippen LogP contribution is -2.54. The van der Waals surface area contributed by atoms with Gasteiger partial charge < -0.3 is 35.6 Å². The number of nitrogens with two attached hydrogens (primary N) is 1. The van der Waals surface area contributed by atoms with Crippen molar-refractivity contribution in [1.82, 2.24) is 19.5 Å². The number of ether oxygens (including phenoxy) is 2. The van der Waals surface area contributed by atoms with E-state index in [-0.39, 0.29) is 22.3 Å². The molecular weight excluding hydrogens is 558 g/mol. The molecule has 14 heteroatoms. The van der Waals surface area contributed by atoms with Crippen molar-refractivity contribution in [3.63, 3.8) is 0 Å². The van der Waals surface area contributed by atoms with Crippen LogP contribution in [0.1, 0.15) is 18.7 Å². The lowest BCUT2D eigenvalue weighted by atomic mass is 9.92. The number of nitrogens with zero attached hydrogens (tertiary/aromatic N) is 4. The van der Waals surface area contributed by atoms with Crippen LogP contribution in [0.15, 0.2) is 60.9 Å². The number of anilines is 1. The summed E-state index contributed by atoms with van der Waals surface area (Å²) in [5.74, 6) is -3.49. The van der Waals surface area contributed by atoms with Gasteiger partial charge in [-0.05, 0) is 35.2 Å². The van der Waals surface area contributed by atoms with E-state index in [9.17, 15) is 30.0 Å². The number of nitrogen functional groups attached to an aromatic ring is 1. The van der Waals surface area contributed by atoms with Gasteiger partial charge in [-0.25, -0.2) is 14.6 Å². The van der Waals surface area contributed by atoms with Crippen molar-refractivity contribution in [2.45, 2.75) is 43.0 Å². The predicted molar refractivity (Wildman–Crippen MR) is 145 cm³/mol. The average Bonchev–Trinajstić information content (AvgIpc) is 3.45. The number of aliphatic carboxylic acids is 2. The second-order valence-electron chi connectivity index (χ2n) is 9.88. The molecule has 0 spiro atoms. The SMILES string of the molecule is C[C@@]1(O)[C@@H](COC(Cc2ccc(-c3ccccc3)cc2)(C(=O)O)C(=O)O)OC(n2cnc3c(N)nc(Cl)nc32)[C@@H]1O. The molecule has 1 aliphatic heterocycles. The number of fused-ring (bicyclic) bond motifs is 1. The molecule has 1 saturated heterocycles. The molecule has 3 heterocycles. The van der Waals surface area contributed by atoms with Gasteiger partial charge in [0.15, 0.2) is 17.7 Å². The Morgan fingerprint density at radius 2 is 1.73 bits per heavy atom. The van der Waals surface area contributed by atoms with Crippen molar-refractivity contribution >= 4 is 40.5 Å². The monoisotopic (exact) mass is 583 g/mol. The van der Waals surface area contributed by atoms with Crippen LogP contribution in [0.5, 0.6) is 0 Å². The summed E-state index contributed by atoms with van der Waals surface area (Å²) in [5.41, 5.74) is 3.63. The Bertz CT molecular complexity index is 1580. The van der Waals surface area contributed by atoms with Crippen LogP contribution in [0.4, 0.5) is 5.82 Å². The third-order valence-electron chi connectivity index (χ3n) is 7.21. The van der Waals surface area contributed by atoms with Gasteiger partial charge in [-0.2, -0.15) is 9.97 Å². The van der Waals surface area contributed by atoms with Crippen LogP contribution in [0.25, 0.3) is 22.3 Å². The van der Waals surface area contributed by atoms with E-state index in [4.69, 9.17) is 26.8 Å². The first-order valence-electron chi connectivity index (χ1n) is 12.4. The standard InChI is InChI=1S/C27H26ClN5O8/c1-26(39)17(41-22(19(26)34)33-13-30-18-20(29)31-25(28)32-21(18)33)12-40-27(23(35)36,24(37)38)11-14-7-9-16(10-8-14)15-5-3-2-4-6-15/h2-10,13,17,19,22,34,39H,11-12H2,1H3,(H,35,36)(H,37,38)(H2,29,31,32)/t17-,19+,22?,26-/m1/s1. The number of aliphatic hydroxyl groups excluding tert-OH is 1. The summed E-state index contributed by atoms with van der Waals surface area (Å²) in [5, 5.41) is 41.9. The van der Waals surface area contributed by atoms with E-state index in [0.29, 0.717) is 5.56 Å². The first kappa shape index (κ1) is 28.4. The Morgan fingerprint density at radius 1 is 1.10 bits per heavy atom. The van der Waals surface area contributed by atoms with Crippen LogP contribution in [0.3, 0.4) is 0 Å². The van der Waals surface area contributed by atoms with Gasteiger partial charge in [0, 0.05) is 6.42 Å². The largest absolute Gasteiger partial charge is 0.479 e.